The van der Waals surface area contributed by atoms with Crippen molar-refractivity contribution in [2.75, 3.05) is 20.6 Å². The molecule has 5 rings (SSSR count). The Bertz CT molecular complexity index is 932. The third-order valence-electron chi connectivity index (χ3n) is 6.97. The molecule has 3 aliphatic rings. The molecule has 2 aromatic rings. The van der Waals surface area contributed by atoms with Gasteiger partial charge >= 0.3 is 0 Å². The summed E-state index contributed by atoms with van der Waals surface area (Å²) < 4.78 is 0.954. The van der Waals surface area contributed by atoms with E-state index < -0.39 is 0 Å². The lowest BCUT2D eigenvalue weighted by molar-refractivity contribution is -0.899. The number of quaternary nitrogens is 1. The molecular formula is C25H30Cl2IN. The van der Waals surface area contributed by atoms with E-state index in [9.17, 15) is 0 Å². The SMILES string of the molecule is CC1(C)[C@H]2CC=C(C[N+](C)(C)Cc3ccc(-c4cccc(Cl)c4)c(Cl)c3)[C@@H]1C2.[I-]. The van der Waals surface area contributed by atoms with Gasteiger partial charge in [0.05, 0.1) is 14.1 Å². The Morgan fingerprint density at radius 1 is 1.03 bits per heavy atom. The zero-order chi connectivity index (χ0) is 20.1. The Morgan fingerprint density at radius 3 is 2.41 bits per heavy atom. The smallest absolute Gasteiger partial charge is 0.104 e. The molecule has 2 atom stereocenters. The van der Waals surface area contributed by atoms with Crippen molar-refractivity contribution in [2.45, 2.75) is 33.2 Å². The van der Waals surface area contributed by atoms with Gasteiger partial charge in [0, 0.05) is 21.2 Å². The van der Waals surface area contributed by atoms with Crippen LogP contribution < -0.4 is 24.0 Å². The molecule has 0 N–H and O–H groups in total. The predicted octanol–water partition coefficient (Wildman–Crippen LogP) is 4.23. The molecule has 0 unspecified atom stereocenters. The predicted molar refractivity (Wildman–Crippen MR) is 121 cm³/mol. The average Bonchev–Trinajstić information content (AvgIpc) is 2.61. The Kier molecular flexibility index (Phi) is 6.80. The van der Waals surface area contributed by atoms with Crippen molar-refractivity contribution in [1.82, 2.24) is 0 Å². The van der Waals surface area contributed by atoms with Gasteiger partial charge < -0.3 is 28.5 Å². The Labute approximate surface area is 202 Å². The van der Waals surface area contributed by atoms with Crippen molar-refractivity contribution >= 4 is 23.2 Å². The van der Waals surface area contributed by atoms with Gasteiger partial charge in [0.1, 0.15) is 13.1 Å². The molecule has 4 heteroatoms. The quantitative estimate of drug-likeness (QED) is 0.302. The lowest BCUT2D eigenvalue weighted by atomic mass is 9.49. The molecule has 0 aliphatic heterocycles. The number of likely N-dealkylation sites (N-methyl/N-ethyl adjacent to an activating group) is 1. The van der Waals surface area contributed by atoms with Gasteiger partial charge in [-0.05, 0) is 59.4 Å². The third-order valence-corrected chi connectivity index (χ3v) is 7.52. The maximum absolute atomic E-state index is 6.64. The summed E-state index contributed by atoms with van der Waals surface area (Å²) in [5, 5.41) is 1.52. The number of fused-ring (bicyclic) bond motifs is 1. The normalized spacial score (nSPS) is 22.3. The van der Waals surface area contributed by atoms with Gasteiger partial charge in [-0.25, -0.2) is 0 Å². The monoisotopic (exact) mass is 541 g/mol. The van der Waals surface area contributed by atoms with Crippen molar-refractivity contribution in [3.63, 3.8) is 0 Å². The molecule has 3 aliphatic carbocycles. The van der Waals surface area contributed by atoms with E-state index >= 15 is 0 Å². The molecule has 2 aromatic carbocycles. The number of nitrogens with zero attached hydrogens (tertiary/aromatic N) is 1. The van der Waals surface area contributed by atoms with Crippen LogP contribution in [0.15, 0.2) is 54.1 Å². The second-order valence-electron chi connectivity index (χ2n) is 9.90. The Balaban J connectivity index is 0.00000240. The minimum absolute atomic E-state index is 0. The van der Waals surface area contributed by atoms with E-state index in [0.29, 0.717) is 5.41 Å². The number of benzene rings is 2. The molecule has 0 aromatic heterocycles. The molecule has 1 saturated carbocycles. The fourth-order valence-corrected chi connectivity index (χ4v) is 5.75. The second kappa shape index (κ2) is 8.53. The van der Waals surface area contributed by atoms with Crippen molar-refractivity contribution in [2.24, 2.45) is 17.3 Å². The largest absolute Gasteiger partial charge is 1.00 e. The summed E-state index contributed by atoms with van der Waals surface area (Å²) in [6.07, 6.45) is 5.18. The van der Waals surface area contributed by atoms with Crippen LogP contribution in [-0.4, -0.2) is 25.1 Å². The first-order valence-electron chi connectivity index (χ1n) is 10.2. The summed E-state index contributed by atoms with van der Waals surface area (Å²) >= 11 is 12.8. The molecule has 2 bridgehead atoms. The molecule has 0 spiro atoms. The first-order chi connectivity index (χ1) is 13.2. The number of allylic oxidation sites excluding steroid dienone is 1. The summed E-state index contributed by atoms with van der Waals surface area (Å²) in [6.45, 7) is 7.00. The van der Waals surface area contributed by atoms with Crippen LogP contribution in [0.3, 0.4) is 0 Å². The highest BCUT2D eigenvalue weighted by Gasteiger charge is 2.52. The highest BCUT2D eigenvalue weighted by molar-refractivity contribution is 6.34. The van der Waals surface area contributed by atoms with Crippen LogP contribution in [0.5, 0.6) is 0 Å². The molecule has 156 valence electrons. The first-order valence-corrected chi connectivity index (χ1v) is 11.0. The van der Waals surface area contributed by atoms with Crippen LogP contribution in [0.2, 0.25) is 10.0 Å². The summed E-state index contributed by atoms with van der Waals surface area (Å²) in [4.78, 5) is 0. The van der Waals surface area contributed by atoms with Gasteiger partial charge in [-0.2, -0.15) is 0 Å². The van der Waals surface area contributed by atoms with Gasteiger partial charge in [-0.3, -0.25) is 0 Å². The summed E-state index contributed by atoms with van der Waals surface area (Å²) in [5.74, 6) is 1.67. The molecule has 29 heavy (non-hydrogen) atoms. The van der Waals surface area contributed by atoms with Crippen LogP contribution in [0, 0.1) is 17.3 Å². The standard InChI is InChI=1S/C25H30Cl2N.HI/c1-25(2)20-10-9-19(23(25)14-20)16-28(3,4)15-17-8-11-22(24(27)12-17)18-6-5-7-21(26)13-18;/h5-9,11-13,20,23H,10,14-16H2,1-4H3;1H/q+1;/p-1/t20-,23-;/m0./s1. The zero-order valence-corrected chi connectivity index (χ0v) is 21.4. The number of halogens is 3. The van der Waals surface area contributed by atoms with Gasteiger partial charge in [0.2, 0.25) is 0 Å². The molecular weight excluding hydrogens is 512 g/mol. The summed E-state index contributed by atoms with van der Waals surface area (Å²) in [7, 11) is 4.66. The molecule has 0 amide bonds. The van der Waals surface area contributed by atoms with Crippen molar-refractivity contribution in [3.05, 3.63) is 69.7 Å². The van der Waals surface area contributed by atoms with Gasteiger partial charge in [0.25, 0.3) is 0 Å². The van der Waals surface area contributed by atoms with Crippen LogP contribution in [0.25, 0.3) is 11.1 Å². The van der Waals surface area contributed by atoms with Crippen molar-refractivity contribution in [1.29, 1.82) is 0 Å². The number of hydrogen-bond donors (Lipinski definition) is 0. The van der Waals surface area contributed by atoms with Crippen molar-refractivity contribution in [3.8, 4) is 11.1 Å². The average molecular weight is 542 g/mol. The fourth-order valence-electron chi connectivity index (χ4n) is 5.25. The Hall–Kier alpha value is -0.550. The van der Waals surface area contributed by atoms with E-state index in [0.717, 1.165) is 50.6 Å². The van der Waals surface area contributed by atoms with Crippen LogP contribution in [0.1, 0.15) is 32.3 Å². The van der Waals surface area contributed by atoms with Gasteiger partial charge in [-0.15, -0.1) is 0 Å². The maximum atomic E-state index is 6.64. The van der Waals surface area contributed by atoms with E-state index in [4.69, 9.17) is 23.2 Å². The van der Waals surface area contributed by atoms with Crippen LogP contribution >= 0.6 is 23.2 Å². The van der Waals surface area contributed by atoms with E-state index in [1.165, 1.54) is 18.4 Å². The first kappa shape index (κ1) is 23.1. The highest BCUT2D eigenvalue weighted by atomic mass is 127. The second-order valence-corrected chi connectivity index (χ2v) is 10.7. The number of rotatable bonds is 5. The lowest BCUT2D eigenvalue weighted by Gasteiger charge is -2.57. The van der Waals surface area contributed by atoms with E-state index in [2.05, 4.69) is 58.3 Å². The minimum atomic E-state index is 0. The van der Waals surface area contributed by atoms with E-state index in [-0.39, 0.29) is 24.0 Å². The van der Waals surface area contributed by atoms with Crippen LogP contribution in [-0.2, 0) is 6.54 Å². The third kappa shape index (κ3) is 4.71. The van der Waals surface area contributed by atoms with Gasteiger partial charge in [0.15, 0.2) is 0 Å². The molecule has 1 fully saturated rings. The van der Waals surface area contributed by atoms with E-state index in [1.807, 2.05) is 18.2 Å². The minimum Gasteiger partial charge on any atom is -1.00 e. The molecule has 0 radical (unpaired) electrons. The zero-order valence-electron chi connectivity index (χ0n) is 17.7. The highest BCUT2D eigenvalue weighted by Crippen LogP contribution is 2.59. The van der Waals surface area contributed by atoms with E-state index in [1.54, 1.807) is 5.57 Å². The molecule has 1 nitrogen and oxygen atoms in total. The topological polar surface area (TPSA) is 0 Å². The summed E-state index contributed by atoms with van der Waals surface area (Å²) in [6, 6.07) is 14.3. The summed E-state index contributed by atoms with van der Waals surface area (Å²) in [5.41, 5.74) is 5.54. The lowest BCUT2D eigenvalue weighted by Crippen LogP contribution is -3.00. The van der Waals surface area contributed by atoms with Gasteiger partial charge in [-0.1, -0.05) is 67.4 Å². The Morgan fingerprint density at radius 2 is 1.79 bits per heavy atom. The number of hydrogen-bond acceptors (Lipinski definition) is 0. The molecule has 0 heterocycles. The maximum Gasteiger partial charge on any atom is 0.104 e. The van der Waals surface area contributed by atoms with Crippen molar-refractivity contribution < 1.29 is 28.5 Å². The fraction of sp³-hybridized carbons (Fsp3) is 0.440. The molecule has 0 saturated heterocycles. The van der Waals surface area contributed by atoms with Crippen LogP contribution in [0.4, 0.5) is 0 Å².